The van der Waals surface area contributed by atoms with E-state index < -0.39 is 0 Å². The van der Waals surface area contributed by atoms with Gasteiger partial charge in [-0.3, -0.25) is 4.79 Å². The van der Waals surface area contributed by atoms with Gasteiger partial charge < -0.3 is 19.9 Å². The van der Waals surface area contributed by atoms with E-state index in [2.05, 4.69) is 24.2 Å². The van der Waals surface area contributed by atoms with Crippen molar-refractivity contribution in [3.8, 4) is 0 Å². The number of likely N-dealkylation sites (tertiary alicyclic amines) is 1. The minimum absolute atomic E-state index is 0.0889. The van der Waals surface area contributed by atoms with Crippen LogP contribution in [0.2, 0.25) is 0 Å². The number of morpholine rings is 1. The number of carbonyl (C=O) groups is 1. The quantitative estimate of drug-likeness (QED) is 0.793. The van der Waals surface area contributed by atoms with Crippen LogP contribution in [0.3, 0.4) is 0 Å². The lowest BCUT2D eigenvalue weighted by Crippen LogP contribution is -2.55. The summed E-state index contributed by atoms with van der Waals surface area (Å²) in [5.74, 6) is 0.813. The topological polar surface area (TPSA) is 44.8 Å². The lowest BCUT2D eigenvalue weighted by atomic mass is 9.93. The molecule has 0 aliphatic carbocycles. The van der Waals surface area contributed by atoms with E-state index in [0.717, 1.165) is 32.6 Å². The number of piperidine rings is 1. The van der Waals surface area contributed by atoms with E-state index in [0.29, 0.717) is 25.2 Å². The Bertz CT molecular complexity index is 305. The van der Waals surface area contributed by atoms with Gasteiger partial charge in [-0.25, -0.2) is 0 Å². The van der Waals surface area contributed by atoms with Gasteiger partial charge in [-0.1, -0.05) is 6.92 Å². The van der Waals surface area contributed by atoms with Gasteiger partial charge in [0.25, 0.3) is 0 Å². The number of carbonyl (C=O) groups excluding carboxylic acids is 1. The van der Waals surface area contributed by atoms with Gasteiger partial charge in [0.2, 0.25) is 5.91 Å². The van der Waals surface area contributed by atoms with E-state index >= 15 is 0 Å². The molecule has 5 nitrogen and oxygen atoms in total. The Balaban J connectivity index is 1.82. The molecule has 110 valence electrons. The third kappa shape index (κ3) is 3.91. The summed E-state index contributed by atoms with van der Waals surface area (Å²) in [6.07, 6.45) is 1.12. The van der Waals surface area contributed by atoms with E-state index in [-0.39, 0.29) is 11.9 Å². The molecule has 2 rings (SSSR count). The van der Waals surface area contributed by atoms with Gasteiger partial charge in [0, 0.05) is 25.7 Å². The zero-order chi connectivity index (χ0) is 13.8. The lowest BCUT2D eigenvalue weighted by molar-refractivity contribution is -0.137. The zero-order valence-corrected chi connectivity index (χ0v) is 12.4. The predicted octanol–water partition coefficient (Wildman–Crippen LogP) is 0.164. The van der Waals surface area contributed by atoms with Gasteiger partial charge in [-0.2, -0.15) is 0 Å². The maximum atomic E-state index is 12.3. The van der Waals surface area contributed by atoms with Gasteiger partial charge in [0.15, 0.2) is 0 Å². The van der Waals surface area contributed by atoms with Gasteiger partial charge >= 0.3 is 0 Å². The number of ether oxygens (including phenoxy) is 1. The van der Waals surface area contributed by atoms with Gasteiger partial charge in [-0.05, 0) is 32.9 Å². The van der Waals surface area contributed by atoms with E-state index in [4.69, 9.17) is 4.74 Å². The second kappa shape index (κ2) is 6.68. The molecule has 19 heavy (non-hydrogen) atoms. The average molecular weight is 269 g/mol. The smallest absolute Gasteiger partial charge is 0.239 e. The van der Waals surface area contributed by atoms with Gasteiger partial charge in [0.05, 0.1) is 19.3 Å². The number of nitrogens with one attached hydrogen (secondary N) is 1. The van der Waals surface area contributed by atoms with Crippen LogP contribution in [0.25, 0.3) is 0 Å². The van der Waals surface area contributed by atoms with Crippen LogP contribution in [0.1, 0.15) is 20.3 Å². The fourth-order valence-corrected chi connectivity index (χ4v) is 3.05. The summed E-state index contributed by atoms with van der Waals surface area (Å²) >= 11 is 0. The molecule has 2 saturated heterocycles. The molecule has 0 bridgehead atoms. The van der Waals surface area contributed by atoms with E-state index in [9.17, 15) is 4.79 Å². The minimum atomic E-state index is -0.0889. The van der Waals surface area contributed by atoms with Crippen molar-refractivity contribution in [2.45, 2.75) is 32.4 Å². The standard InChI is InChI=1S/C14H27N3O2/c1-11-10-16(3)5-4-13(11)15-12(2)14(18)17-6-8-19-9-7-17/h11-13,15H,4-10H2,1-3H3. The number of hydrogen-bond acceptors (Lipinski definition) is 4. The summed E-state index contributed by atoms with van der Waals surface area (Å²) in [7, 11) is 2.16. The van der Waals surface area contributed by atoms with Gasteiger partial charge in [0.1, 0.15) is 0 Å². The van der Waals surface area contributed by atoms with Crippen molar-refractivity contribution in [3.63, 3.8) is 0 Å². The average Bonchev–Trinajstić information content (AvgIpc) is 2.42. The Labute approximate surface area is 116 Å². The molecule has 2 aliphatic heterocycles. The highest BCUT2D eigenvalue weighted by molar-refractivity contribution is 5.81. The second-order valence-electron chi connectivity index (χ2n) is 5.96. The van der Waals surface area contributed by atoms with E-state index in [1.807, 2.05) is 11.8 Å². The second-order valence-corrected chi connectivity index (χ2v) is 5.96. The van der Waals surface area contributed by atoms with Crippen LogP contribution in [0.4, 0.5) is 0 Å². The Kier molecular flexibility index (Phi) is 5.19. The molecule has 0 radical (unpaired) electrons. The normalized spacial score (nSPS) is 31.2. The van der Waals surface area contributed by atoms with Crippen LogP contribution >= 0.6 is 0 Å². The lowest BCUT2D eigenvalue weighted by Gasteiger charge is -2.38. The first-order chi connectivity index (χ1) is 9.08. The largest absolute Gasteiger partial charge is 0.378 e. The third-order valence-corrected chi connectivity index (χ3v) is 4.27. The summed E-state index contributed by atoms with van der Waals surface area (Å²) in [6.45, 7) is 9.27. The van der Waals surface area contributed by atoms with E-state index in [1.54, 1.807) is 0 Å². The van der Waals surface area contributed by atoms with Crippen molar-refractivity contribution in [2.24, 2.45) is 5.92 Å². The molecule has 3 atom stereocenters. The van der Waals surface area contributed by atoms with Crippen molar-refractivity contribution in [1.29, 1.82) is 0 Å². The first-order valence-corrected chi connectivity index (χ1v) is 7.39. The Hall–Kier alpha value is -0.650. The summed E-state index contributed by atoms with van der Waals surface area (Å²) < 4.78 is 5.29. The van der Waals surface area contributed by atoms with Crippen molar-refractivity contribution in [1.82, 2.24) is 15.1 Å². The molecule has 3 unspecified atom stereocenters. The molecular weight excluding hydrogens is 242 g/mol. The van der Waals surface area contributed by atoms with Gasteiger partial charge in [-0.15, -0.1) is 0 Å². The predicted molar refractivity (Wildman–Crippen MR) is 75.1 cm³/mol. The molecule has 0 saturated carbocycles. The number of hydrogen-bond donors (Lipinski definition) is 1. The summed E-state index contributed by atoms with van der Waals surface area (Å²) in [5.41, 5.74) is 0. The Morgan fingerprint density at radius 3 is 2.63 bits per heavy atom. The monoisotopic (exact) mass is 269 g/mol. The molecule has 1 amide bonds. The molecule has 0 aromatic heterocycles. The Morgan fingerprint density at radius 2 is 2.00 bits per heavy atom. The van der Waals surface area contributed by atoms with Crippen molar-refractivity contribution >= 4 is 5.91 Å². The molecular formula is C14H27N3O2. The summed E-state index contributed by atoms with van der Waals surface area (Å²) in [4.78, 5) is 16.6. The minimum Gasteiger partial charge on any atom is -0.378 e. The maximum Gasteiger partial charge on any atom is 0.239 e. The van der Waals surface area contributed by atoms with Crippen molar-refractivity contribution in [3.05, 3.63) is 0 Å². The molecule has 2 heterocycles. The third-order valence-electron chi connectivity index (χ3n) is 4.27. The number of amides is 1. The molecule has 0 spiro atoms. The molecule has 5 heteroatoms. The Morgan fingerprint density at radius 1 is 1.32 bits per heavy atom. The highest BCUT2D eigenvalue weighted by Crippen LogP contribution is 2.16. The molecule has 2 aliphatic rings. The fourth-order valence-electron chi connectivity index (χ4n) is 3.05. The van der Waals surface area contributed by atoms with Crippen LogP contribution in [0.5, 0.6) is 0 Å². The van der Waals surface area contributed by atoms with E-state index in [1.165, 1.54) is 0 Å². The highest BCUT2D eigenvalue weighted by atomic mass is 16.5. The first kappa shape index (κ1) is 14.8. The number of nitrogens with zero attached hydrogens (tertiary/aromatic N) is 2. The summed E-state index contributed by atoms with van der Waals surface area (Å²) in [6, 6.07) is 0.366. The van der Waals surface area contributed by atoms with Crippen LogP contribution in [-0.4, -0.2) is 74.2 Å². The van der Waals surface area contributed by atoms with Crippen molar-refractivity contribution < 1.29 is 9.53 Å². The van der Waals surface area contributed by atoms with Crippen LogP contribution in [0.15, 0.2) is 0 Å². The first-order valence-electron chi connectivity index (χ1n) is 7.39. The fraction of sp³-hybridized carbons (Fsp3) is 0.929. The summed E-state index contributed by atoms with van der Waals surface area (Å²) in [5, 5.41) is 3.53. The molecule has 0 aromatic carbocycles. The van der Waals surface area contributed by atoms with Crippen LogP contribution in [0, 0.1) is 5.92 Å². The van der Waals surface area contributed by atoms with Crippen LogP contribution < -0.4 is 5.32 Å². The maximum absolute atomic E-state index is 12.3. The molecule has 1 N–H and O–H groups in total. The SMILES string of the molecule is CC(NC1CCN(C)CC1C)C(=O)N1CCOCC1. The molecule has 2 fully saturated rings. The highest BCUT2D eigenvalue weighted by Gasteiger charge is 2.29. The molecule has 0 aromatic rings. The van der Waals surface area contributed by atoms with Crippen LogP contribution in [-0.2, 0) is 9.53 Å². The zero-order valence-electron chi connectivity index (χ0n) is 12.4. The number of rotatable bonds is 3. The van der Waals surface area contributed by atoms with Crippen molar-refractivity contribution in [2.75, 3.05) is 46.4 Å².